The summed E-state index contributed by atoms with van der Waals surface area (Å²) in [6, 6.07) is 0. The number of hydrogen-bond donors (Lipinski definition) is 0. The maximum Gasteiger partial charge on any atom is 0 e. The smallest absolute Gasteiger partial charge is 0 e. The van der Waals surface area contributed by atoms with E-state index in [0.29, 0.717) is 5.78 Å². The van der Waals surface area contributed by atoms with E-state index in [1.807, 2.05) is 26.2 Å². The molecule has 4 radical (unpaired) electrons. The average Bonchev–Trinajstić information content (AvgIpc) is 2.80. The average molecular weight is 276 g/mol. The third-order valence-corrected chi connectivity index (χ3v) is 1.70. The van der Waals surface area contributed by atoms with Crippen LogP contribution < -0.4 is 0 Å². The summed E-state index contributed by atoms with van der Waals surface area (Å²) in [6.45, 7) is 15.5. The molecule has 0 aliphatic heterocycles. The Morgan fingerprint density at radius 3 is 1.82 bits per heavy atom. The molecule has 1 aliphatic rings. The first-order valence-electron chi connectivity index (χ1n) is 4.31. The van der Waals surface area contributed by atoms with Gasteiger partial charge in [0.1, 0.15) is 5.78 Å². The standard InChI is InChI=1S/C9H12O.3CO.Fe/c1-2-3-5-8-6-4-7-9(8)10;3*1-2;/h2-3,5H,4,6-7H2,1H3;;;;. The Bertz CT molecular complexity index is 206. The van der Waals surface area contributed by atoms with Gasteiger partial charge in [0.05, 0.1) is 0 Å². The number of carbonyl (C=O) groups excluding carboxylic acids is 1. The molecule has 1 rings (SSSR count). The Balaban J connectivity index is -0.000000106. The molecule has 1 aliphatic carbocycles. The minimum absolute atomic E-state index is 0. The van der Waals surface area contributed by atoms with Gasteiger partial charge in [-0.25, -0.2) is 0 Å². The summed E-state index contributed by atoms with van der Waals surface area (Å²) in [4.78, 5) is 11.0. The van der Waals surface area contributed by atoms with Gasteiger partial charge in [-0.15, -0.1) is 0 Å². The van der Waals surface area contributed by atoms with Gasteiger partial charge < -0.3 is 0 Å². The largest absolute Gasteiger partial charge is 0 e. The monoisotopic (exact) mass is 276 g/mol. The van der Waals surface area contributed by atoms with Crippen molar-refractivity contribution in [3.05, 3.63) is 45.1 Å². The SMILES string of the molecule is C[CH][CH][CH][C]1CCCC1=O.[C-]#[O+].[C-]#[O+].[C-]#[O+].[Fe]. The van der Waals surface area contributed by atoms with Crippen molar-refractivity contribution in [3.63, 3.8) is 0 Å². The van der Waals surface area contributed by atoms with Crippen molar-refractivity contribution >= 4 is 5.78 Å². The zero-order valence-electron chi connectivity index (χ0n) is 9.34. The first kappa shape index (κ1) is 25.3. The van der Waals surface area contributed by atoms with E-state index in [1.165, 1.54) is 0 Å². The summed E-state index contributed by atoms with van der Waals surface area (Å²) < 4.78 is 22.5. The fourth-order valence-electron chi connectivity index (χ4n) is 1.13. The summed E-state index contributed by atoms with van der Waals surface area (Å²) in [7, 11) is 0. The van der Waals surface area contributed by atoms with Crippen LogP contribution >= 0.6 is 0 Å². The molecule has 0 aromatic heterocycles. The second-order valence-electron chi connectivity index (χ2n) is 2.49. The van der Waals surface area contributed by atoms with Crippen molar-refractivity contribution in [2.45, 2.75) is 26.2 Å². The van der Waals surface area contributed by atoms with Crippen molar-refractivity contribution in [1.82, 2.24) is 0 Å². The van der Waals surface area contributed by atoms with Crippen molar-refractivity contribution in [2.24, 2.45) is 0 Å². The maximum absolute atomic E-state index is 11.0. The van der Waals surface area contributed by atoms with Crippen LogP contribution in [0.3, 0.4) is 0 Å². The van der Waals surface area contributed by atoms with Gasteiger partial charge in [0.25, 0.3) is 0 Å². The summed E-state index contributed by atoms with van der Waals surface area (Å²) in [6.07, 6.45) is 8.57. The van der Waals surface area contributed by atoms with Crippen LogP contribution in [-0.4, -0.2) is 5.78 Å². The number of hydrogen-bond acceptors (Lipinski definition) is 1. The molecule has 0 N–H and O–H groups in total. The number of Topliss-reactive ketones (excluding diaryl/α,β-unsaturated/α-hetero) is 1. The number of unbranched alkanes of at least 4 members (excludes halogenated alkanes) is 1. The zero-order valence-corrected chi connectivity index (χ0v) is 10.4. The Hall–Kier alpha value is -0.591. The zero-order chi connectivity index (χ0) is 13.4. The predicted octanol–water partition coefficient (Wildman–Crippen LogP) is 1.83. The summed E-state index contributed by atoms with van der Waals surface area (Å²) >= 11 is 0. The van der Waals surface area contributed by atoms with Gasteiger partial charge in [0, 0.05) is 29.4 Å². The third-order valence-electron chi connectivity index (χ3n) is 1.70. The minimum Gasteiger partial charge on any atom is 0 e. The maximum atomic E-state index is 11.0. The summed E-state index contributed by atoms with van der Waals surface area (Å²) in [5.41, 5.74) is 0. The molecular weight excluding hydrogens is 264 g/mol. The van der Waals surface area contributed by atoms with E-state index in [9.17, 15) is 4.79 Å². The van der Waals surface area contributed by atoms with Gasteiger partial charge in [0.15, 0.2) is 0 Å². The molecule has 0 atom stereocenters. The molecule has 5 heteroatoms. The van der Waals surface area contributed by atoms with Gasteiger partial charge in [-0.05, 0) is 32.1 Å². The van der Waals surface area contributed by atoms with E-state index >= 15 is 0 Å². The van der Waals surface area contributed by atoms with E-state index in [4.69, 9.17) is 14.0 Å². The van der Waals surface area contributed by atoms with Crippen LogP contribution in [0.25, 0.3) is 0 Å². The fraction of sp³-hybridized carbons (Fsp3) is 0.333. The number of carbonyl (C=O) groups is 1. The van der Waals surface area contributed by atoms with E-state index < -0.39 is 0 Å². The van der Waals surface area contributed by atoms with Crippen molar-refractivity contribution in [3.8, 4) is 0 Å². The Labute approximate surface area is 113 Å². The molecule has 0 spiro atoms. The van der Waals surface area contributed by atoms with Gasteiger partial charge >= 0.3 is 33.9 Å². The second-order valence-corrected chi connectivity index (χ2v) is 2.49. The van der Waals surface area contributed by atoms with Crippen LogP contribution in [0.5, 0.6) is 0 Å². The molecule has 0 unspecified atom stereocenters. The third kappa shape index (κ3) is 15.4. The molecule has 17 heavy (non-hydrogen) atoms. The van der Waals surface area contributed by atoms with Crippen LogP contribution in [0.15, 0.2) is 0 Å². The number of ketones is 1. The van der Waals surface area contributed by atoms with E-state index in [0.717, 1.165) is 25.2 Å². The molecule has 0 heterocycles. The van der Waals surface area contributed by atoms with Crippen LogP contribution in [0.2, 0.25) is 0 Å². The van der Waals surface area contributed by atoms with Crippen LogP contribution in [-0.2, 0) is 35.8 Å². The molecule has 0 aromatic carbocycles. The summed E-state index contributed by atoms with van der Waals surface area (Å²) in [5.74, 6) is 1.33. The number of rotatable bonds is 3. The summed E-state index contributed by atoms with van der Waals surface area (Å²) in [5, 5.41) is 0. The molecular formula is C12H12FeO4. The molecule has 0 amide bonds. The van der Waals surface area contributed by atoms with Gasteiger partial charge in [-0.2, -0.15) is 0 Å². The predicted molar refractivity (Wildman–Crippen MR) is 52.5 cm³/mol. The minimum atomic E-state index is 0. The van der Waals surface area contributed by atoms with E-state index in [-0.39, 0.29) is 17.1 Å². The van der Waals surface area contributed by atoms with E-state index in [2.05, 4.69) is 20.0 Å². The molecule has 4 nitrogen and oxygen atoms in total. The van der Waals surface area contributed by atoms with Crippen molar-refractivity contribution in [2.75, 3.05) is 0 Å². The first-order valence-corrected chi connectivity index (χ1v) is 4.31. The topological polar surface area (TPSA) is 76.8 Å². The van der Waals surface area contributed by atoms with Gasteiger partial charge in [-0.1, -0.05) is 6.92 Å². The molecule has 0 bridgehead atoms. The van der Waals surface area contributed by atoms with Crippen molar-refractivity contribution in [1.29, 1.82) is 0 Å². The fourth-order valence-corrected chi connectivity index (χ4v) is 1.13. The second kappa shape index (κ2) is 24.6. The normalized spacial score (nSPS) is 12.3. The van der Waals surface area contributed by atoms with Crippen molar-refractivity contribution < 1.29 is 35.8 Å². The van der Waals surface area contributed by atoms with Gasteiger partial charge in [0.2, 0.25) is 0 Å². The van der Waals surface area contributed by atoms with Crippen LogP contribution in [0.4, 0.5) is 0 Å². The Morgan fingerprint density at radius 2 is 1.53 bits per heavy atom. The Morgan fingerprint density at radius 1 is 1.06 bits per heavy atom. The van der Waals surface area contributed by atoms with Gasteiger partial charge in [-0.3, -0.25) is 4.79 Å². The Kier molecular flexibility index (Phi) is 36.6. The molecule has 1 fully saturated rings. The van der Waals surface area contributed by atoms with Crippen LogP contribution in [0.1, 0.15) is 26.2 Å². The van der Waals surface area contributed by atoms with E-state index in [1.54, 1.807) is 0 Å². The molecule has 92 valence electrons. The molecule has 0 saturated heterocycles. The quantitative estimate of drug-likeness (QED) is 0.440. The first-order chi connectivity index (χ1) is 7.84. The van der Waals surface area contributed by atoms with Crippen LogP contribution in [0, 0.1) is 45.1 Å². The molecule has 0 aromatic rings. The molecule has 1 saturated carbocycles.